The second kappa shape index (κ2) is 7.09. The SMILES string of the molecule is O=C1CCCCN1CCOc1cc(Cl)nc2c1CCOC21CCOC1. The molecule has 0 bridgehead atoms. The fourth-order valence-corrected chi connectivity index (χ4v) is 4.08. The number of fused-ring (bicyclic) bond motifs is 2. The molecule has 3 aliphatic rings. The lowest BCUT2D eigenvalue weighted by Crippen LogP contribution is -2.39. The van der Waals surface area contributed by atoms with E-state index in [0.29, 0.717) is 44.5 Å². The lowest BCUT2D eigenvalue weighted by Gasteiger charge is -2.34. The summed E-state index contributed by atoms with van der Waals surface area (Å²) in [5, 5.41) is 0.402. The van der Waals surface area contributed by atoms with Crippen LogP contribution in [-0.4, -0.2) is 55.3 Å². The van der Waals surface area contributed by atoms with Crippen molar-refractivity contribution in [2.45, 2.75) is 37.7 Å². The number of nitrogens with zero attached hydrogens (tertiary/aromatic N) is 2. The molecule has 1 unspecified atom stereocenters. The van der Waals surface area contributed by atoms with Gasteiger partial charge in [0.25, 0.3) is 0 Å². The first-order chi connectivity index (χ1) is 12.2. The number of rotatable bonds is 4. The number of ether oxygens (including phenoxy) is 3. The number of halogens is 1. The molecular formula is C18H23ClN2O4. The summed E-state index contributed by atoms with van der Waals surface area (Å²) < 4.78 is 17.6. The van der Waals surface area contributed by atoms with Crippen molar-refractivity contribution in [1.29, 1.82) is 0 Å². The van der Waals surface area contributed by atoms with Gasteiger partial charge in [-0.3, -0.25) is 4.79 Å². The Kier molecular flexibility index (Phi) is 4.84. The Morgan fingerprint density at radius 3 is 3.04 bits per heavy atom. The smallest absolute Gasteiger partial charge is 0.222 e. The van der Waals surface area contributed by atoms with Gasteiger partial charge < -0.3 is 19.1 Å². The van der Waals surface area contributed by atoms with E-state index < -0.39 is 5.60 Å². The van der Waals surface area contributed by atoms with Crippen molar-refractivity contribution in [3.63, 3.8) is 0 Å². The molecule has 3 aliphatic heterocycles. The molecule has 1 aromatic heterocycles. The molecule has 25 heavy (non-hydrogen) atoms. The van der Waals surface area contributed by atoms with E-state index in [1.807, 2.05) is 4.90 Å². The van der Waals surface area contributed by atoms with Crippen molar-refractivity contribution in [1.82, 2.24) is 9.88 Å². The summed E-state index contributed by atoms with van der Waals surface area (Å²) >= 11 is 6.24. The molecule has 6 nitrogen and oxygen atoms in total. The Morgan fingerprint density at radius 1 is 1.32 bits per heavy atom. The van der Waals surface area contributed by atoms with Gasteiger partial charge in [-0.15, -0.1) is 0 Å². The van der Waals surface area contributed by atoms with Crippen LogP contribution in [0.15, 0.2) is 6.07 Å². The van der Waals surface area contributed by atoms with Gasteiger partial charge in [-0.1, -0.05) is 11.6 Å². The van der Waals surface area contributed by atoms with Gasteiger partial charge in [-0.05, 0) is 12.8 Å². The number of carbonyl (C=O) groups is 1. The van der Waals surface area contributed by atoms with Crippen molar-refractivity contribution in [3.8, 4) is 5.75 Å². The highest BCUT2D eigenvalue weighted by Crippen LogP contribution is 2.42. The monoisotopic (exact) mass is 366 g/mol. The number of aromatic nitrogens is 1. The highest BCUT2D eigenvalue weighted by molar-refractivity contribution is 6.29. The fourth-order valence-electron chi connectivity index (χ4n) is 3.89. The normalized spacial score (nSPS) is 26.1. The maximum Gasteiger partial charge on any atom is 0.222 e. The highest BCUT2D eigenvalue weighted by Gasteiger charge is 2.44. The second-order valence-electron chi connectivity index (χ2n) is 6.85. The highest BCUT2D eigenvalue weighted by atomic mass is 35.5. The fraction of sp³-hybridized carbons (Fsp3) is 0.667. The second-order valence-corrected chi connectivity index (χ2v) is 7.24. The molecular weight excluding hydrogens is 344 g/mol. The van der Waals surface area contributed by atoms with E-state index in [2.05, 4.69) is 4.98 Å². The molecule has 136 valence electrons. The van der Waals surface area contributed by atoms with Crippen molar-refractivity contribution in [2.24, 2.45) is 0 Å². The zero-order valence-electron chi connectivity index (χ0n) is 14.3. The van der Waals surface area contributed by atoms with Crippen LogP contribution in [0.5, 0.6) is 5.75 Å². The number of likely N-dealkylation sites (tertiary alicyclic amines) is 1. The molecule has 2 fully saturated rings. The zero-order valence-corrected chi connectivity index (χ0v) is 15.0. The van der Waals surface area contributed by atoms with Gasteiger partial charge in [-0.2, -0.15) is 0 Å². The molecule has 0 saturated carbocycles. The molecule has 0 aliphatic carbocycles. The summed E-state index contributed by atoms with van der Waals surface area (Å²) in [5.41, 5.74) is 1.43. The van der Waals surface area contributed by atoms with Gasteiger partial charge in [0.05, 0.1) is 25.5 Å². The lowest BCUT2D eigenvalue weighted by atomic mass is 9.90. The Morgan fingerprint density at radius 2 is 2.24 bits per heavy atom. The summed E-state index contributed by atoms with van der Waals surface area (Å²) in [6, 6.07) is 1.77. The van der Waals surface area contributed by atoms with Crippen LogP contribution in [0.25, 0.3) is 0 Å². The number of carbonyl (C=O) groups excluding carboxylic acids is 1. The Balaban J connectivity index is 1.50. The minimum absolute atomic E-state index is 0.222. The van der Waals surface area contributed by atoms with Crippen LogP contribution in [-0.2, 0) is 26.3 Å². The summed E-state index contributed by atoms with van der Waals surface area (Å²) in [4.78, 5) is 18.3. The van der Waals surface area contributed by atoms with Gasteiger partial charge in [0.15, 0.2) is 0 Å². The predicted octanol–water partition coefficient (Wildman–Crippen LogP) is 2.31. The van der Waals surface area contributed by atoms with E-state index in [1.54, 1.807) is 6.07 Å². The van der Waals surface area contributed by atoms with Gasteiger partial charge >= 0.3 is 0 Å². The largest absolute Gasteiger partial charge is 0.491 e. The van der Waals surface area contributed by atoms with Crippen molar-refractivity contribution in [2.75, 3.05) is 39.5 Å². The lowest BCUT2D eigenvalue weighted by molar-refractivity contribution is -0.133. The average molecular weight is 367 g/mol. The number of amides is 1. The van der Waals surface area contributed by atoms with E-state index in [9.17, 15) is 4.79 Å². The van der Waals surface area contributed by atoms with Crippen LogP contribution in [0.3, 0.4) is 0 Å². The first-order valence-electron chi connectivity index (χ1n) is 9.00. The van der Waals surface area contributed by atoms with Gasteiger partial charge in [0.2, 0.25) is 5.91 Å². The van der Waals surface area contributed by atoms with Gasteiger partial charge in [0.1, 0.15) is 23.1 Å². The molecule has 1 atom stereocenters. The molecule has 4 heterocycles. The van der Waals surface area contributed by atoms with Crippen LogP contribution >= 0.6 is 11.6 Å². The van der Waals surface area contributed by atoms with Crippen LogP contribution in [0.4, 0.5) is 0 Å². The molecule has 7 heteroatoms. The molecule has 0 N–H and O–H groups in total. The molecule has 2 saturated heterocycles. The van der Waals surface area contributed by atoms with Crippen molar-refractivity contribution >= 4 is 17.5 Å². The van der Waals surface area contributed by atoms with E-state index in [0.717, 1.165) is 49.2 Å². The molecule has 1 aromatic rings. The van der Waals surface area contributed by atoms with Crippen molar-refractivity contribution < 1.29 is 19.0 Å². The Bertz CT molecular complexity index is 661. The van der Waals surface area contributed by atoms with E-state index in [1.165, 1.54) is 0 Å². The van der Waals surface area contributed by atoms with Crippen LogP contribution in [0, 0.1) is 0 Å². The molecule has 0 radical (unpaired) electrons. The van der Waals surface area contributed by atoms with Gasteiger partial charge in [0, 0.05) is 44.0 Å². The molecule has 1 spiro atoms. The summed E-state index contributed by atoms with van der Waals surface area (Å²) in [5.74, 6) is 0.981. The van der Waals surface area contributed by atoms with E-state index >= 15 is 0 Å². The van der Waals surface area contributed by atoms with Crippen LogP contribution < -0.4 is 4.74 Å². The quantitative estimate of drug-likeness (QED) is 0.765. The standard InChI is InChI=1S/C18H23ClN2O4/c19-15-11-14(24-10-7-21-6-2-1-3-16(21)22)13-4-8-25-18(17(13)20-15)5-9-23-12-18/h11H,1-10,12H2. The maximum atomic E-state index is 11.9. The van der Waals surface area contributed by atoms with Crippen LogP contribution in [0.2, 0.25) is 5.15 Å². The number of hydrogen-bond acceptors (Lipinski definition) is 5. The summed E-state index contributed by atoms with van der Waals surface area (Å²) in [6.07, 6.45) is 4.25. The molecule has 0 aromatic carbocycles. The topological polar surface area (TPSA) is 60.9 Å². The molecule has 1 amide bonds. The van der Waals surface area contributed by atoms with E-state index in [-0.39, 0.29) is 5.91 Å². The van der Waals surface area contributed by atoms with Gasteiger partial charge in [-0.25, -0.2) is 4.98 Å². The summed E-state index contributed by atoms with van der Waals surface area (Å²) in [7, 11) is 0. The Labute approximate surface area is 152 Å². The zero-order chi connectivity index (χ0) is 17.3. The summed E-state index contributed by atoms with van der Waals surface area (Å²) in [6.45, 7) is 3.70. The third-order valence-electron chi connectivity index (χ3n) is 5.24. The minimum atomic E-state index is -0.487. The van der Waals surface area contributed by atoms with E-state index in [4.69, 9.17) is 25.8 Å². The van der Waals surface area contributed by atoms with Crippen LogP contribution in [0.1, 0.15) is 36.9 Å². The predicted molar refractivity (Wildman–Crippen MR) is 91.9 cm³/mol. The minimum Gasteiger partial charge on any atom is -0.491 e. The first kappa shape index (κ1) is 17.1. The Hall–Kier alpha value is -1.37. The third-order valence-corrected chi connectivity index (χ3v) is 5.43. The third kappa shape index (κ3) is 3.35. The maximum absolute atomic E-state index is 11.9. The first-order valence-corrected chi connectivity index (χ1v) is 9.38. The number of piperidine rings is 1. The molecule has 4 rings (SSSR count). The number of pyridine rings is 1. The number of hydrogen-bond donors (Lipinski definition) is 0. The average Bonchev–Trinajstić information content (AvgIpc) is 3.07. The van der Waals surface area contributed by atoms with Crippen molar-refractivity contribution in [3.05, 3.63) is 22.5 Å².